The van der Waals surface area contributed by atoms with Crippen LogP contribution in [0.5, 0.6) is 11.5 Å². The Balaban J connectivity index is 1.77. The lowest BCUT2D eigenvalue weighted by molar-refractivity contribution is -0.112. The van der Waals surface area contributed by atoms with Gasteiger partial charge in [0, 0.05) is 5.69 Å². The van der Waals surface area contributed by atoms with E-state index in [4.69, 9.17) is 14.6 Å². The lowest BCUT2D eigenvalue weighted by Gasteiger charge is -2.12. The average Bonchev–Trinajstić information content (AvgIpc) is 2.84. The average molecular weight is 456 g/mol. The van der Waals surface area contributed by atoms with Crippen molar-refractivity contribution in [2.75, 3.05) is 12.4 Å². The molecule has 0 bridgehead atoms. The second-order valence-electron chi connectivity index (χ2n) is 7.58. The van der Waals surface area contributed by atoms with Crippen molar-refractivity contribution in [3.8, 4) is 17.6 Å². The fourth-order valence-corrected chi connectivity index (χ4v) is 3.24. The Morgan fingerprint density at radius 1 is 1.06 bits per heavy atom. The molecule has 0 radical (unpaired) electrons. The van der Waals surface area contributed by atoms with Crippen molar-refractivity contribution in [1.29, 1.82) is 5.26 Å². The number of hydrogen-bond donors (Lipinski definition) is 2. The smallest absolute Gasteiger partial charge is 0.335 e. The third-order valence-electron chi connectivity index (χ3n) is 5.28. The topological polar surface area (TPSA) is 109 Å². The third kappa shape index (κ3) is 5.81. The Kier molecular flexibility index (Phi) is 7.67. The highest BCUT2D eigenvalue weighted by Gasteiger charge is 2.13. The first-order chi connectivity index (χ1) is 16.3. The van der Waals surface area contributed by atoms with E-state index >= 15 is 0 Å². The van der Waals surface area contributed by atoms with Crippen molar-refractivity contribution in [2.24, 2.45) is 0 Å². The molecule has 172 valence electrons. The quantitative estimate of drug-likeness (QED) is 0.359. The van der Waals surface area contributed by atoms with Crippen molar-refractivity contribution < 1.29 is 24.2 Å². The number of rotatable bonds is 8. The number of carboxylic acid groups (broad SMARTS) is 1. The van der Waals surface area contributed by atoms with Crippen LogP contribution in [-0.4, -0.2) is 24.1 Å². The van der Waals surface area contributed by atoms with Crippen molar-refractivity contribution in [2.45, 2.75) is 20.5 Å². The van der Waals surface area contributed by atoms with Gasteiger partial charge >= 0.3 is 5.97 Å². The predicted molar refractivity (Wildman–Crippen MR) is 129 cm³/mol. The maximum Gasteiger partial charge on any atom is 0.335 e. The Morgan fingerprint density at radius 2 is 1.82 bits per heavy atom. The van der Waals surface area contributed by atoms with Gasteiger partial charge in [-0.1, -0.05) is 30.3 Å². The van der Waals surface area contributed by atoms with Gasteiger partial charge in [-0.3, -0.25) is 4.79 Å². The van der Waals surface area contributed by atoms with Crippen LogP contribution < -0.4 is 14.8 Å². The Hall–Kier alpha value is -4.57. The van der Waals surface area contributed by atoms with E-state index in [1.165, 1.54) is 19.3 Å². The van der Waals surface area contributed by atoms with Crippen molar-refractivity contribution >= 4 is 23.6 Å². The fraction of sp³-hybridized carbons (Fsp3) is 0.148. The molecule has 0 aromatic heterocycles. The van der Waals surface area contributed by atoms with Gasteiger partial charge in [-0.25, -0.2) is 4.79 Å². The number of nitrogens with one attached hydrogen (secondary N) is 1. The summed E-state index contributed by atoms with van der Waals surface area (Å²) in [5.74, 6) is -0.659. The predicted octanol–water partition coefficient (Wildman–Crippen LogP) is 5.13. The van der Waals surface area contributed by atoms with Gasteiger partial charge in [-0.15, -0.1) is 0 Å². The molecule has 0 saturated carbocycles. The minimum absolute atomic E-state index is 0.0536. The minimum atomic E-state index is -1.01. The summed E-state index contributed by atoms with van der Waals surface area (Å²) in [6, 6.07) is 19.0. The summed E-state index contributed by atoms with van der Waals surface area (Å²) in [5.41, 5.74) is 4.03. The Labute approximate surface area is 197 Å². The molecule has 34 heavy (non-hydrogen) atoms. The number of benzene rings is 3. The molecule has 0 spiro atoms. The third-order valence-corrected chi connectivity index (χ3v) is 5.28. The molecule has 0 atom stereocenters. The molecule has 3 aromatic carbocycles. The number of carbonyl (C=O) groups excluding carboxylic acids is 1. The number of hydrogen-bond acceptors (Lipinski definition) is 5. The van der Waals surface area contributed by atoms with Crippen molar-refractivity contribution in [3.05, 3.63) is 94.1 Å². The van der Waals surface area contributed by atoms with E-state index < -0.39 is 11.9 Å². The molecular weight excluding hydrogens is 432 g/mol. The molecule has 7 heteroatoms. The van der Waals surface area contributed by atoms with E-state index in [-0.39, 0.29) is 17.7 Å². The normalized spacial score (nSPS) is 10.8. The van der Waals surface area contributed by atoms with Crippen molar-refractivity contribution in [3.63, 3.8) is 0 Å². The number of carbonyl (C=O) groups is 2. The number of carboxylic acids is 1. The van der Waals surface area contributed by atoms with Gasteiger partial charge in [0.2, 0.25) is 0 Å². The minimum Gasteiger partial charge on any atom is -0.493 e. The number of aromatic carboxylic acids is 1. The summed E-state index contributed by atoms with van der Waals surface area (Å²) in [6.45, 7) is 4.00. The van der Waals surface area contributed by atoms with Crippen LogP contribution in [0.4, 0.5) is 5.69 Å². The summed E-state index contributed by atoms with van der Waals surface area (Å²) >= 11 is 0. The van der Waals surface area contributed by atoms with Gasteiger partial charge in [0.1, 0.15) is 18.2 Å². The summed E-state index contributed by atoms with van der Waals surface area (Å²) in [5, 5.41) is 21.5. The van der Waals surface area contributed by atoms with Gasteiger partial charge in [-0.2, -0.15) is 5.26 Å². The first kappa shape index (κ1) is 24.1. The van der Waals surface area contributed by atoms with Crippen LogP contribution in [0.3, 0.4) is 0 Å². The summed E-state index contributed by atoms with van der Waals surface area (Å²) < 4.78 is 11.2. The molecule has 0 saturated heterocycles. The zero-order valence-corrected chi connectivity index (χ0v) is 19.1. The highest BCUT2D eigenvalue weighted by Crippen LogP contribution is 2.30. The van der Waals surface area contributed by atoms with E-state index in [0.29, 0.717) is 28.3 Å². The maximum atomic E-state index is 12.7. The summed E-state index contributed by atoms with van der Waals surface area (Å²) in [4.78, 5) is 23.8. The van der Waals surface area contributed by atoms with Crippen LogP contribution in [0, 0.1) is 25.2 Å². The molecule has 0 fully saturated rings. The van der Waals surface area contributed by atoms with Crippen LogP contribution >= 0.6 is 0 Å². The Morgan fingerprint density at radius 3 is 2.53 bits per heavy atom. The van der Waals surface area contributed by atoms with Crippen LogP contribution in [-0.2, 0) is 11.4 Å². The van der Waals surface area contributed by atoms with Gasteiger partial charge < -0.3 is 19.9 Å². The second kappa shape index (κ2) is 10.8. The SMILES string of the molecule is COc1cc(/C=C(/C#N)C(=O)Nc2cccc(C)c2C)ccc1OCc1cccc(C(=O)O)c1. The molecule has 2 N–H and O–H groups in total. The largest absolute Gasteiger partial charge is 0.493 e. The van der Waals surface area contributed by atoms with Crippen LogP contribution in [0.1, 0.15) is 32.6 Å². The first-order valence-electron chi connectivity index (χ1n) is 10.4. The van der Waals surface area contributed by atoms with Gasteiger partial charge in [0.05, 0.1) is 12.7 Å². The maximum absolute atomic E-state index is 12.7. The van der Waals surface area contributed by atoms with E-state index in [0.717, 1.165) is 11.1 Å². The van der Waals surface area contributed by atoms with E-state index in [1.54, 1.807) is 42.5 Å². The van der Waals surface area contributed by atoms with Crippen LogP contribution in [0.15, 0.2) is 66.2 Å². The number of amides is 1. The number of nitrogens with zero attached hydrogens (tertiary/aromatic N) is 1. The number of anilines is 1. The van der Waals surface area contributed by atoms with Gasteiger partial charge in [0.15, 0.2) is 11.5 Å². The first-order valence-corrected chi connectivity index (χ1v) is 10.4. The molecule has 0 aliphatic rings. The number of methoxy groups -OCH3 is 1. The highest BCUT2D eigenvalue weighted by molar-refractivity contribution is 6.10. The monoisotopic (exact) mass is 456 g/mol. The summed E-state index contributed by atoms with van der Waals surface area (Å²) in [6.07, 6.45) is 1.48. The Bertz CT molecular complexity index is 1300. The van der Waals surface area contributed by atoms with E-state index in [2.05, 4.69) is 5.32 Å². The molecule has 3 aromatic rings. The molecule has 3 rings (SSSR count). The van der Waals surface area contributed by atoms with Crippen molar-refractivity contribution in [1.82, 2.24) is 0 Å². The lowest BCUT2D eigenvalue weighted by atomic mass is 10.1. The lowest BCUT2D eigenvalue weighted by Crippen LogP contribution is -2.14. The van der Waals surface area contributed by atoms with E-state index in [1.807, 2.05) is 32.0 Å². The molecule has 0 unspecified atom stereocenters. The van der Waals surface area contributed by atoms with Crippen LogP contribution in [0.2, 0.25) is 0 Å². The molecule has 0 heterocycles. The highest BCUT2D eigenvalue weighted by atomic mass is 16.5. The van der Waals surface area contributed by atoms with E-state index in [9.17, 15) is 14.9 Å². The molecule has 0 aliphatic carbocycles. The number of aryl methyl sites for hydroxylation is 1. The zero-order chi connectivity index (χ0) is 24.7. The molecular formula is C27H24N2O5. The zero-order valence-electron chi connectivity index (χ0n) is 19.1. The standard InChI is InChI=1S/C27H24N2O5/c1-17-6-4-9-23(18(17)2)29-26(30)22(15-28)12-19-10-11-24(25(14-19)33-3)34-16-20-7-5-8-21(13-20)27(31)32/h4-14H,16H2,1-3H3,(H,29,30)(H,31,32)/b22-12-. The molecule has 7 nitrogen and oxygen atoms in total. The second-order valence-corrected chi connectivity index (χ2v) is 7.58. The molecule has 0 aliphatic heterocycles. The van der Waals surface area contributed by atoms with Crippen LogP contribution in [0.25, 0.3) is 6.08 Å². The van der Waals surface area contributed by atoms with Gasteiger partial charge in [0.25, 0.3) is 5.91 Å². The molecule has 1 amide bonds. The number of nitriles is 1. The number of ether oxygens (including phenoxy) is 2. The summed E-state index contributed by atoms with van der Waals surface area (Å²) in [7, 11) is 1.49. The van der Waals surface area contributed by atoms with Gasteiger partial charge in [-0.05, 0) is 72.5 Å². The fourth-order valence-electron chi connectivity index (χ4n) is 3.24.